The molecule has 31 heavy (non-hydrogen) atoms. The first kappa shape index (κ1) is 19.9. The number of rotatable bonds is 3. The Bertz CT molecular complexity index is 1090. The van der Waals surface area contributed by atoms with Crippen LogP contribution in [0.15, 0.2) is 47.4 Å². The molecule has 160 valence electrons. The zero-order chi connectivity index (χ0) is 21.6. The normalized spacial score (nSPS) is 24.3. The Kier molecular flexibility index (Phi) is 4.85. The molecular formula is C22H20FN3O4S. The third-order valence-corrected chi connectivity index (χ3v) is 7.03. The fourth-order valence-corrected chi connectivity index (χ4v) is 5.52. The summed E-state index contributed by atoms with van der Waals surface area (Å²) in [6.45, 7) is -0.116. The molecule has 2 aromatic rings. The van der Waals surface area contributed by atoms with Crippen molar-refractivity contribution < 1.29 is 23.5 Å². The summed E-state index contributed by atoms with van der Waals surface area (Å²) in [5.74, 6) is 0.0379. The van der Waals surface area contributed by atoms with Gasteiger partial charge in [-0.2, -0.15) is 0 Å². The van der Waals surface area contributed by atoms with E-state index in [-0.39, 0.29) is 18.5 Å². The van der Waals surface area contributed by atoms with E-state index < -0.39 is 29.9 Å². The summed E-state index contributed by atoms with van der Waals surface area (Å²) >= 11 is 1.61. The van der Waals surface area contributed by atoms with Gasteiger partial charge in [-0.25, -0.2) is 9.18 Å². The largest absolute Gasteiger partial charge is 0.493 e. The number of amides is 4. The van der Waals surface area contributed by atoms with Crippen molar-refractivity contribution in [2.24, 2.45) is 0 Å². The maximum atomic E-state index is 13.7. The molecule has 3 heterocycles. The number of imide groups is 1. The van der Waals surface area contributed by atoms with Crippen LogP contribution in [0.5, 0.6) is 5.75 Å². The van der Waals surface area contributed by atoms with Crippen LogP contribution in [0.2, 0.25) is 0 Å². The minimum atomic E-state index is -1.22. The lowest BCUT2D eigenvalue weighted by Crippen LogP contribution is -2.48. The van der Waals surface area contributed by atoms with Gasteiger partial charge in [0.2, 0.25) is 5.91 Å². The van der Waals surface area contributed by atoms with E-state index in [2.05, 4.69) is 10.6 Å². The van der Waals surface area contributed by atoms with Crippen molar-refractivity contribution in [2.45, 2.75) is 29.3 Å². The number of carbonyl (C=O) groups excluding carboxylic acids is 3. The molecule has 0 aliphatic carbocycles. The van der Waals surface area contributed by atoms with Crippen LogP contribution < -0.4 is 15.4 Å². The third kappa shape index (κ3) is 3.33. The highest BCUT2D eigenvalue weighted by Gasteiger charge is 2.55. The third-order valence-electron chi connectivity index (χ3n) is 5.91. The van der Waals surface area contributed by atoms with Crippen LogP contribution in [-0.4, -0.2) is 41.6 Å². The monoisotopic (exact) mass is 441 g/mol. The Morgan fingerprint density at radius 2 is 2.13 bits per heavy atom. The topological polar surface area (TPSA) is 87.7 Å². The molecule has 2 unspecified atom stereocenters. The summed E-state index contributed by atoms with van der Waals surface area (Å²) < 4.78 is 19.3. The van der Waals surface area contributed by atoms with Gasteiger partial charge in [-0.15, -0.1) is 11.8 Å². The second kappa shape index (κ2) is 7.56. The second-order valence-electron chi connectivity index (χ2n) is 7.76. The van der Waals surface area contributed by atoms with E-state index in [1.165, 1.54) is 12.1 Å². The molecular weight excluding hydrogens is 421 g/mol. The number of benzene rings is 2. The minimum absolute atomic E-state index is 0.283. The summed E-state index contributed by atoms with van der Waals surface area (Å²) in [6, 6.07) is 10.6. The van der Waals surface area contributed by atoms with Crippen LogP contribution >= 0.6 is 11.8 Å². The number of nitrogens with one attached hydrogen (secondary N) is 2. The molecule has 0 aromatic heterocycles. The number of hydrogen-bond acceptors (Lipinski definition) is 5. The summed E-state index contributed by atoms with van der Waals surface area (Å²) in [5.41, 5.74) is 0.0940. The molecule has 1 saturated heterocycles. The minimum Gasteiger partial charge on any atom is -0.493 e. The van der Waals surface area contributed by atoms with Gasteiger partial charge >= 0.3 is 6.03 Å². The maximum Gasteiger partial charge on any atom is 0.325 e. The van der Waals surface area contributed by atoms with E-state index in [4.69, 9.17) is 4.74 Å². The number of halogens is 1. The first-order valence-electron chi connectivity index (χ1n) is 10.1. The molecule has 2 aromatic carbocycles. The van der Waals surface area contributed by atoms with Gasteiger partial charge in [-0.05, 0) is 36.2 Å². The van der Waals surface area contributed by atoms with Crippen LogP contribution in [0.1, 0.15) is 30.0 Å². The number of carbonyl (C=O) groups is 3. The Morgan fingerprint density at radius 1 is 1.29 bits per heavy atom. The number of nitrogens with zero attached hydrogens (tertiary/aromatic N) is 1. The zero-order valence-corrected chi connectivity index (χ0v) is 17.3. The highest BCUT2D eigenvalue weighted by molar-refractivity contribution is 7.99. The van der Waals surface area contributed by atoms with E-state index in [0.717, 1.165) is 21.1 Å². The average molecular weight is 441 g/mol. The Hall–Kier alpha value is -3.07. The van der Waals surface area contributed by atoms with Crippen molar-refractivity contribution >= 4 is 29.6 Å². The van der Waals surface area contributed by atoms with E-state index in [0.29, 0.717) is 24.2 Å². The van der Waals surface area contributed by atoms with Crippen molar-refractivity contribution in [3.8, 4) is 5.75 Å². The standard InChI is InChI=1S/C22H20FN3O4S/c23-13-5-6-18-14(11-13)16(7-10-31-18)24-19(27)12-26-20(28)22(25-21(26)29)8-9-30-17-4-2-1-3-15(17)22/h1-6,11,16H,7-10,12H2,(H,24,27)(H,25,29). The Labute approximate surface area is 182 Å². The predicted octanol–water partition coefficient (Wildman–Crippen LogP) is 2.71. The second-order valence-corrected chi connectivity index (χ2v) is 8.90. The molecule has 1 fully saturated rings. The smallest absolute Gasteiger partial charge is 0.325 e. The SMILES string of the molecule is O=C(CN1C(=O)NC2(CCOc3ccccc32)C1=O)NC1CCSc2ccc(F)cc21. The van der Waals surface area contributed by atoms with E-state index in [1.54, 1.807) is 42.1 Å². The van der Waals surface area contributed by atoms with Crippen molar-refractivity contribution in [1.29, 1.82) is 0 Å². The molecule has 9 heteroatoms. The van der Waals surface area contributed by atoms with Crippen molar-refractivity contribution in [1.82, 2.24) is 15.5 Å². The molecule has 0 saturated carbocycles. The highest BCUT2D eigenvalue weighted by atomic mass is 32.2. The molecule has 3 aliphatic rings. The lowest BCUT2D eigenvalue weighted by atomic mass is 9.84. The van der Waals surface area contributed by atoms with Gasteiger partial charge in [0.1, 0.15) is 18.1 Å². The van der Waals surface area contributed by atoms with Gasteiger partial charge in [0.25, 0.3) is 5.91 Å². The van der Waals surface area contributed by atoms with Crippen molar-refractivity contribution in [2.75, 3.05) is 18.9 Å². The molecule has 0 radical (unpaired) electrons. The lowest BCUT2D eigenvalue weighted by Gasteiger charge is -2.33. The van der Waals surface area contributed by atoms with Crippen LogP contribution in [0.3, 0.4) is 0 Å². The van der Waals surface area contributed by atoms with E-state index in [1.807, 2.05) is 0 Å². The molecule has 2 atom stereocenters. The van der Waals surface area contributed by atoms with Gasteiger partial charge in [0, 0.05) is 22.6 Å². The van der Waals surface area contributed by atoms with Gasteiger partial charge in [-0.1, -0.05) is 18.2 Å². The van der Waals surface area contributed by atoms with Gasteiger partial charge in [0.05, 0.1) is 12.6 Å². The maximum absolute atomic E-state index is 13.7. The van der Waals surface area contributed by atoms with Crippen molar-refractivity contribution in [3.05, 3.63) is 59.4 Å². The Morgan fingerprint density at radius 3 is 3.00 bits per heavy atom. The highest BCUT2D eigenvalue weighted by Crippen LogP contribution is 2.41. The van der Waals surface area contributed by atoms with E-state index in [9.17, 15) is 18.8 Å². The molecule has 4 amide bonds. The molecule has 2 N–H and O–H groups in total. The number of hydrogen-bond donors (Lipinski definition) is 2. The number of thioether (sulfide) groups is 1. The van der Waals surface area contributed by atoms with Gasteiger partial charge in [0.15, 0.2) is 5.54 Å². The first-order chi connectivity index (χ1) is 15.0. The lowest BCUT2D eigenvalue weighted by molar-refractivity contribution is -0.136. The zero-order valence-electron chi connectivity index (χ0n) is 16.5. The summed E-state index contributed by atoms with van der Waals surface area (Å²) in [7, 11) is 0. The summed E-state index contributed by atoms with van der Waals surface area (Å²) in [6.07, 6.45) is 0.931. The van der Waals surface area contributed by atoms with E-state index >= 15 is 0 Å². The van der Waals surface area contributed by atoms with Gasteiger partial charge < -0.3 is 15.4 Å². The predicted molar refractivity (Wildman–Crippen MR) is 111 cm³/mol. The summed E-state index contributed by atoms with van der Waals surface area (Å²) in [5, 5.41) is 5.65. The van der Waals surface area contributed by atoms with Crippen molar-refractivity contribution in [3.63, 3.8) is 0 Å². The quantitative estimate of drug-likeness (QED) is 0.716. The van der Waals surface area contributed by atoms with Crippen LogP contribution in [0, 0.1) is 5.82 Å². The molecule has 3 aliphatic heterocycles. The summed E-state index contributed by atoms with van der Waals surface area (Å²) in [4.78, 5) is 40.6. The molecule has 5 rings (SSSR count). The number of ether oxygens (including phenoxy) is 1. The fraction of sp³-hybridized carbons (Fsp3) is 0.318. The van der Waals surface area contributed by atoms with Crippen LogP contribution in [0.25, 0.3) is 0 Å². The Balaban J connectivity index is 1.34. The van der Waals surface area contributed by atoms with Gasteiger partial charge in [-0.3, -0.25) is 14.5 Å². The number of fused-ring (bicyclic) bond motifs is 3. The number of para-hydroxylation sites is 1. The van der Waals surface area contributed by atoms with Crippen LogP contribution in [-0.2, 0) is 15.1 Å². The first-order valence-corrected chi connectivity index (χ1v) is 11.0. The number of urea groups is 1. The molecule has 1 spiro atoms. The molecule has 7 nitrogen and oxygen atoms in total. The average Bonchev–Trinajstić information content (AvgIpc) is 2.99. The van der Waals surface area contributed by atoms with Crippen LogP contribution in [0.4, 0.5) is 9.18 Å². The fourth-order valence-electron chi connectivity index (χ4n) is 4.41. The molecule has 0 bridgehead atoms.